The maximum Gasteiger partial charge on any atom is 0.0517 e. The number of hydrazine groups is 1. The summed E-state index contributed by atoms with van der Waals surface area (Å²) < 4.78 is 0. The van der Waals surface area contributed by atoms with Crippen LogP contribution in [0.2, 0.25) is 0 Å². The molecule has 2 nitrogen and oxygen atoms in total. The molecule has 1 unspecified atom stereocenters. The predicted octanol–water partition coefficient (Wildman–Crippen LogP) is 3.58. The number of unbranched alkanes of at least 4 members (excludes halogenated alkanes) is 1. The van der Waals surface area contributed by atoms with Crippen molar-refractivity contribution in [1.82, 2.24) is 0 Å². The van der Waals surface area contributed by atoms with Crippen molar-refractivity contribution < 1.29 is 0 Å². The highest BCUT2D eigenvalue weighted by Crippen LogP contribution is 2.17. The van der Waals surface area contributed by atoms with E-state index in [1.165, 1.54) is 25.7 Å². The van der Waals surface area contributed by atoms with Crippen molar-refractivity contribution in [2.75, 3.05) is 11.6 Å². The summed E-state index contributed by atoms with van der Waals surface area (Å²) in [7, 11) is 0. The van der Waals surface area contributed by atoms with Gasteiger partial charge in [-0.15, -0.1) is 0 Å². The third-order valence-electron chi connectivity index (χ3n) is 3.09. The van der Waals surface area contributed by atoms with Gasteiger partial charge in [0.25, 0.3) is 0 Å². The van der Waals surface area contributed by atoms with Crippen LogP contribution in [0, 0.1) is 5.92 Å². The smallest absolute Gasteiger partial charge is 0.0517 e. The van der Waals surface area contributed by atoms with Crippen LogP contribution >= 0.6 is 0 Å². The third-order valence-corrected chi connectivity index (χ3v) is 3.09. The molecule has 0 saturated heterocycles. The molecule has 0 aliphatic carbocycles. The highest BCUT2D eigenvalue weighted by Gasteiger charge is 2.09. The van der Waals surface area contributed by atoms with Crippen LogP contribution in [0.3, 0.4) is 0 Å². The van der Waals surface area contributed by atoms with E-state index < -0.39 is 0 Å². The lowest BCUT2D eigenvalue weighted by Gasteiger charge is -2.24. The number of hydrogen-bond donors (Lipinski definition) is 1. The molecule has 0 fully saturated rings. The molecule has 0 aromatic heterocycles. The van der Waals surface area contributed by atoms with Crippen molar-refractivity contribution in [3.8, 4) is 0 Å². The van der Waals surface area contributed by atoms with E-state index in [0.717, 1.165) is 12.2 Å². The van der Waals surface area contributed by atoms with Crippen LogP contribution in [-0.2, 0) is 0 Å². The Balaban J connectivity index is 2.45. The van der Waals surface area contributed by atoms with Crippen LogP contribution in [0.15, 0.2) is 30.3 Å². The molecule has 0 aliphatic heterocycles. The highest BCUT2D eigenvalue weighted by molar-refractivity contribution is 5.44. The molecule has 2 N–H and O–H groups in total. The molecule has 0 saturated carbocycles. The van der Waals surface area contributed by atoms with Gasteiger partial charge in [0.1, 0.15) is 0 Å². The van der Waals surface area contributed by atoms with Crippen molar-refractivity contribution in [3.63, 3.8) is 0 Å². The number of rotatable bonds is 7. The van der Waals surface area contributed by atoms with Crippen LogP contribution in [-0.4, -0.2) is 6.54 Å². The lowest BCUT2D eigenvalue weighted by atomic mass is 9.99. The zero-order chi connectivity index (χ0) is 11.8. The summed E-state index contributed by atoms with van der Waals surface area (Å²) in [6, 6.07) is 10.2. The summed E-state index contributed by atoms with van der Waals surface area (Å²) >= 11 is 0. The first kappa shape index (κ1) is 13.0. The van der Waals surface area contributed by atoms with Gasteiger partial charge in [0.2, 0.25) is 0 Å². The molecular formula is C14H24N2. The van der Waals surface area contributed by atoms with Crippen LogP contribution in [0.4, 0.5) is 5.69 Å². The van der Waals surface area contributed by atoms with Crippen molar-refractivity contribution in [2.24, 2.45) is 11.8 Å². The molecule has 2 heteroatoms. The summed E-state index contributed by atoms with van der Waals surface area (Å²) in [6.07, 6.45) is 5.07. The first-order valence-electron chi connectivity index (χ1n) is 6.35. The maximum atomic E-state index is 6.08. The van der Waals surface area contributed by atoms with Crippen molar-refractivity contribution >= 4 is 5.69 Å². The second-order valence-corrected chi connectivity index (χ2v) is 4.40. The van der Waals surface area contributed by atoms with Gasteiger partial charge in [0.05, 0.1) is 5.69 Å². The number of benzene rings is 1. The van der Waals surface area contributed by atoms with E-state index in [0.29, 0.717) is 5.92 Å². The Kier molecular flexibility index (Phi) is 5.94. The largest absolute Gasteiger partial charge is 0.311 e. The minimum atomic E-state index is 0.713. The monoisotopic (exact) mass is 220 g/mol. The third kappa shape index (κ3) is 4.23. The Morgan fingerprint density at radius 1 is 1.19 bits per heavy atom. The van der Waals surface area contributed by atoms with Gasteiger partial charge in [0.15, 0.2) is 0 Å². The van der Waals surface area contributed by atoms with Crippen LogP contribution < -0.4 is 10.9 Å². The van der Waals surface area contributed by atoms with Gasteiger partial charge in [-0.2, -0.15) is 0 Å². The molecule has 16 heavy (non-hydrogen) atoms. The zero-order valence-corrected chi connectivity index (χ0v) is 10.5. The van der Waals surface area contributed by atoms with Gasteiger partial charge in [-0.05, 0) is 24.5 Å². The molecule has 0 radical (unpaired) electrons. The van der Waals surface area contributed by atoms with Gasteiger partial charge in [-0.1, -0.05) is 51.3 Å². The summed E-state index contributed by atoms with van der Waals surface area (Å²) in [5.41, 5.74) is 1.11. The summed E-state index contributed by atoms with van der Waals surface area (Å²) in [5.74, 6) is 6.79. The number of para-hydroxylation sites is 1. The van der Waals surface area contributed by atoms with Crippen LogP contribution in [0.25, 0.3) is 0 Å². The molecule has 1 atom stereocenters. The second-order valence-electron chi connectivity index (χ2n) is 4.40. The summed E-state index contributed by atoms with van der Waals surface area (Å²) in [5, 5.41) is 1.88. The lowest BCUT2D eigenvalue weighted by molar-refractivity contribution is 0.448. The van der Waals surface area contributed by atoms with E-state index in [1.807, 2.05) is 23.2 Å². The topological polar surface area (TPSA) is 29.3 Å². The quantitative estimate of drug-likeness (QED) is 0.562. The van der Waals surface area contributed by atoms with E-state index >= 15 is 0 Å². The summed E-state index contributed by atoms with van der Waals surface area (Å²) in [4.78, 5) is 0. The number of nitrogens with two attached hydrogens (primary N) is 1. The molecule has 1 rings (SSSR count). The number of hydrogen-bond acceptors (Lipinski definition) is 2. The fraction of sp³-hybridized carbons (Fsp3) is 0.571. The van der Waals surface area contributed by atoms with Crippen molar-refractivity contribution in [1.29, 1.82) is 0 Å². The first-order valence-corrected chi connectivity index (χ1v) is 6.35. The van der Waals surface area contributed by atoms with Gasteiger partial charge in [-0.3, -0.25) is 0 Å². The van der Waals surface area contributed by atoms with Crippen molar-refractivity contribution in [3.05, 3.63) is 30.3 Å². The van der Waals surface area contributed by atoms with Gasteiger partial charge in [0, 0.05) is 6.54 Å². The molecule has 1 aromatic rings. The predicted molar refractivity (Wildman–Crippen MR) is 71.3 cm³/mol. The Morgan fingerprint density at radius 2 is 1.88 bits per heavy atom. The van der Waals surface area contributed by atoms with E-state index in [-0.39, 0.29) is 0 Å². The van der Waals surface area contributed by atoms with Gasteiger partial charge >= 0.3 is 0 Å². The normalized spacial score (nSPS) is 12.4. The molecule has 0 heterocycles. The minimum absolute atomic E-state index is 0.713. The molecule has 0 spiro atoms. The molecular weight excluding hydrogens is 196 g/mol. The minimum Gasteiger partial charge on any atom is -0.311 e. The first-order chi connectivity index (χ1) is 7.77. The molecule has 1 aromatic carbocycles. The van der Waals surface area contributed by atoms with E-state index in [1.54, 1.807) is 0 Å². The fourth-order valence-electron chi connectivity index (χ4n) is 1.92. The van der Waals surface area contributed by atoms with E-state index in [4.69, 9.17) is 5.84 Å². The number of anilines is 1. The van der Waals surface area contributed by atoms with Crippen molar-refractivity contribution in [2.45, 2.75) is 39.5 Å². The Hall–Kier alpha value is -1.02. The average Bonchev–Trinajstić information content (AvgIpc) is 2.35. The highest BCUT2D eigenvalue weighted by atomic mass is 15.4. The Bertz CT molecular complexity index is 271. The van der Waals surface area contributed by atoms with E-state index in [9.17, 15) is 0 Å². The Morgan fingerprint density at radius 3 is 2.44 bits per heavy atom. The van der Waals surface area contributed by atoms with Gasteiger partial charge in [-0.25, -0.2) is 5.84 Å². The van der Waals surface area contributed by atoms with Crippen LogP contribution in [0.5, 0.6) is 0 Å². The standard InChI is InChI=1S/C14H24N2/c1-3-5-9-13(4-2)12-16(15)14-10-7-6-8-11-14/h6-8,10-11,13H,3-5,9,12,15H2,1-2H3. The number of nitrogens with zero attached hydrogens (tertiary/aromatic N) is 1. The summed E-state index contributed by atoms with van der Waals surface area (Å²) in [6.45, 7) is 5.45. The fourth-order valence-corrected chi connectivity index (χ4v) is 1.92. The molecule has 90 valence electrons. The van der Waals surface area contributed by atoms with E-state index in [2.05, 4.69) is 26.0 Å². The zero-order valence-electron chi connectivity index (χ0n) is 10.5. The second kappa shape index (κ2) is 7.29. The SMILES string of the molecule is CCCCC(CC)CN(N)c1ccccc1. The molecule has 0 bridgehead atoms. The Labute approximate surface area is 99.4 Å². The lowest BCUT2D eigenvalue weighted by Crippen LogP contribution is -2.35. The van der Waals surface area contributed by atoms with Gasteiger partial charge < -0.3 is 5.01 Å². The molecule has 0 aliphatic rings. The average molecular weight is 220 g/mol. The van der Waals surface area contributed by atoms with Crippen LogP contribution in [0.1, 0.15) is 39.5 Å². The maximum absolute atomic E-state index is 6.08. The molecule has 0 amide bonds.